The third-order valence-corrected chi connectivity index (χ3v) is 8.17. The number of nitrogens with one attached hydrogen (secondary N) is 1. The standard InChI is InChI=1S/C22H28N2O4S/c1-9(2)15-12-6-7-13(15)17(22(27)28)16(12)20(26)24-21-18(19(23)25)11-5-4-10(3)8-14(11)29-21/h10,12-13,16-17H,4-8H2,1-3H3,(H2,23,25)(H,24,26)(H,27,28). The zero-order valence-corrected chi connectivity index (χ0v) is 17.9. The SMILES string of the molecule is CC(C)=C1C2CCC1C(C(=O)Nc1sc3c(c1C(N)=O)CCC(C)C3)C2C(=O)O. The fraction of sp³-hybridized carbons (Fsp3) is 0.591. The number of amides is 2. The third-order valence-electron chi connectivity index (χ3n) is 7.00. The van der Waals surface area contributed by atoms with Crippen LogP contribution >= 0.6 is 11.3 Å². The Bertz CT molecular complexity index is 927. The number of hydrogen-bond acceptors (Lipinski definition) is 4. The molecule has 2 bridgehead atoms. The molecule has 1 aromatic heterocycles. The van der Waals surface area contributed by atoms with Crippen LogP contribution < -0.4 is 11.1 Å². The highest BCUT2D eigenvalue weighted by Crippen LogP contribution is 2.57. The molecule has 4 rings (SSSR count). The Kier molecular flexibility index (Phi) is 5.05. The molecule has 1 heterocycles. The van der Waals surface area contributed by atoms with E-state index in [1.165, 1.54) is 11.3 Å². The summed E-state index contributed by atoms with van der Waals surface area (Å²) in [6.45, 7) is 6.18. The molecule has 0 spiro atoms. The van der Waals surface area contributed by atoms with E-state index in [2.05, 4.69) is 12.2 Å². The van der Waals surface area contributed by atoms with Gasteiger partial charge in [0, 0.05) is 4.88 Å². The zero-order valence-electron chi connectivity index (χ0n) is 17.1. The van der Waals surface area contributed by atoms with Gasteiger partial charge in [-0.25, -0.2) is 0 Å². The lowest BCUT2D eigenvalue weighted by molar-refractivity contribution is -0.148. The highest BCUT2D eigenvalue weighted by atomic mass is 32.1. The molecule has 3 aliphatic rings. The Morgan fingerprint density at radius 2 is 1.76 bits per heavy atom. The van der Waals surface area contributed by atoms with Crippen LogP contribution in [0, 0.1) is 29.6 Å². The molecule has 5 atom stereocenters. The lowest BCUT2D eigenvalue weighted by atomic mass is 9.78. The molecule has 5 unspecified atom stereocenters. The van der Waals surface area contributed by atoms with Gasteiger partial charge in [0.25, 0.3) is 5.91 Å². The van der Waals surface area contributed by atoms with Crippen LogP contribution in [0.5, 0.6) is 0 Å². The predicted octanol–water partition coefficient (Wildman–Crippen LogP) is 3.60. The van der Waals surface area contributed by atoms with Crippen LogP contribution in [0.3, 0.4) is 0 Å². The van der Waals surface area contributed by atoms with E-state index in [1.807, 2.05) is 13.8 Å². The fourth-order valence-electron chi connectivity index (χ4n) is 5.90. The number of thiophene rings is 1. The van der Waals surface area contributed by atoms with Gasteiger partial charge in [-0.3, -0.25) is 14.4 Å². The number of aliphatic carboxylic acids is 1. The van der Waals surface area contributed by atoms with Crippen molar-refractivity contribution >= 4 is 34.1 Å². The van der Waals surface area contributed by atoms with Crippen LogP contribution in [0.2, 0.25) is 0 Å². The topological polar surface area (TPSA) is 109 Å². The smallest absolute Gasteiger partial charge is 0.307 e. The first-order valence-corrected chi connectivity index (χ1v) is 11.2. The maximum absolute atomic E-state index is 13.3. The van der Waals surface area contributed by atoms with Crippen molar-refractivity contribution in [1.29, 1.82) is 0 Å². The summed E-state index contributed by atoms with van der Waals surface area (Å²) >= 11 is 1.43. The Balaban J connectivity index is 1.67. The van der Waals surface area contributed by atoms with Gasteiger partial charge >= 0.3 is 5.97 Å². The van der Waals surface area contributed by atoms with E-state index in [1.54, 1.807) is 0 Å². The van der Waals surface area contributed by atoms with Crippen LogP contribution in [-0.2, 0) is 22.4 Å². The molecule has 29 heavy (non-hydrogen) atoms. The van der Waals surface area contributed by atoms with Gasteiger partial charge < -0.3 is 16.2 Å². The molecule has 0 radical (unpaired) electrons. The van der Waals surface area contributed by atoms with Crippen LogP contribution in [0.25, 0.3) is 0 Å². The van der Waals surface area contributed by atoms with Crippen molar-refractivity contribution in [1.82, 2.24) is 0 Å². The molecule has 3 aliphatic carbocycles. The molecule has 0 saturated heterocycles. The second-order valence-corrected chi connectivity index (χ2v) is 10.2. The molecular weight excluding hydrogens is 388 g/mol. The summed E-state index contributed by atoms with van der Waals surface area (Å²) in [6, 6.07) is 0. The van der Waals surface area contributed by atoms with Crippen molar-refractivity contribution < 1.29 is 19.5 Å². The summed E-state index contributed by atoms with van der Waals surface area (Å²) in [5, 5.41) is 13.3. The van der Waals surface area contributed by atoms with E-state index >= 15 is 0 Å². The van der Waals surface area contributed by atoms with Gasteiger partial charge in [-0.05, 0) is 69.3 Å². The number of anilines is 1. The van der Waals surface area contributed by atoms with Gasteiger partial charge in [0.2, 0.25) is 5.91 Å². The predicted molar refractivity (Wildman–Crippen MR) is 112 cm³/mol. The minimum atomic E-state index is -0.912. The number of allylic oxidation sites excluding steroid dienone is 2. The highest BCUT2D eigenvalue weighted by Gasteiger charge is 2.57. The second kappa shape index (κ2) is 7.27. The normalized spacial score (nSPS) is 30.2. The maximum Gasteiger partial charge on any atom is 0.307 e. The number of nitrogens with two attached hydrogens (primary N) is 1. The Labute approximate surface area is 174 Å². The fourth-order valence-corrected chi connectivity index (χ4v) is 7.32. The quantitative estimate of drug-likeness (QED) is 0.651. The molecule has 2 fully saturated rings. The van der Waals surface area contributed by atoms with E-state index in [-0.39, 0.29) is 17.7 Å². The molecule has 2 saturated carbocycles. The Hall–Kier alpha value is -2.15. The summed E-state index contributed by atoms with van der Waals surface area (Å²) < 4.78 is 0. The number of rotatable bonds is 4. The number of hydrogen-bond donors (Lipinski definition) is 3. The first-order chi connectivity index (χ1) is 13.7. The molecule has 7 heteroatoms. The van der Waals surface area contributed by atoms with E-state index < -0.39 is 23.7 Å². The average molecular weight is 417 g/mol. The van der Waals surface area contributed by atoms with Gasteiger partial charge in [0.15, 0.2) is 0 Å². The van der Waals surface area contributed by atoms with Crippen molar-refractivity contribution in [2.45, 2.75) is 52.9 Å². The van der Waals surface area contributed by atoms with E-state index in [4.69, 9.17) is 5.73 Å². The molecule has 0 aliphatic heterocycles. The molecule has 0 aromatic carbocycles. The van der Waals surface area contributed by atoms with Crippen LogP contribution in [-0.4, -0.2) is 22.9 Å². The van der Waals surface area contributed by atoms with Crippen molar-refractivity contribution in [2.75, 3.05) is 5.32 Å². The summed E-state index contributed by atoms with van der Waals surface area (Å²) in [7, 11) is 0. The number of carbonyl (C=O) groups is 3. The van der Waals surface area contributed by atoms with Gasteiger partial charge in [-0.15, -0.1) is 11.3 Å². The van der Waals surface area contributed by atoms with Crippen LogP contribution in [0.15, 0.2) is 11.1 Å². The molecule has 156 valence electrons. The van der Waals surface area contributed by atoms with Crippen LogP contribution in [0.1, 0.15) is 60.8 Å². The van der Waals surface area contributed by atoms with Crippen molar-refractivity contribution in [3.63, 3.8) is 0 Å². The van der Waals surface area contributed by atoms with Crippen LogP contribution in [0.4, 0.5) is 5.00 Å². The third kappa shape index (κ3) is 3.19. The maximum atomic E-state index is 13.3. The monoisotopic (exact) mass is 416 g/mol. The number of carboxylic acid groups (broad SMARTS) is 1. The van der Waals surface area contributed by atoms with Gasteiger partial charge in [0.05, 0.1) is 17.4 Å². The first kappa shape index (κ1) is 20.1. The second-order valence-electron chi connectivity index (χ2n) is 9.04. The van der Waals surface area contributed by atoms with Crippen molar-refractivity contribution in [3.05, 3.63) is 27.2 Å². The lowest BCUT2D eigenvalue weighted by Gasteiger charge is -2.26. The average Bonchev–Trinajstić information content (AvgIpc) is 3.29. The van der Waals surface area contributed by atoms with Gasteiger partial charge in [-0.1, -0.05) is 18.1 Å². The van der Waals surface area contributed by atoms with E-state index in [0.29, 0.717) is 16.5 Å². The van der Waals surface area contributed by atoms with E-state index in [9.17, 15) is 19.5 Å². The Morgan fingerprint density at radius 1 is 1.10 bits per heavy atom. The molecule has 6 nitrogen and oxygen atoms in total. The van der Waals surface area contributed by atoms with Gasteiger partial charge in [-0.2, -0.15) is 0 Å². The first-order valence-electron chi connectivity index (χ1n) is 10.4. The number of primary amides is 1. The number of carbonyl (C=O) groups excluding carboxylic acids is 2. The van der Waals surface area contributed by atoms with E-state index in [0.717, 1.165) is 53.7 Å². The lowest BCUT2D eigenvalue weighted by Crippen LogP contribution is -2.38. The molecular formula is C22H28N2O4S. The van der Waals surface area contributed by atoms with Crippen molar-refractivity contribution in [2.24, 2.45) is 35.3 Å². The molecule has 2 amide bonds. The summed E-state index contributed by atoms with van der Waals surface area (Å²) in [4.78, 5) is 38.6. The minimum Gasteiger partial charge on any atom is -0.481 e. The molecule has 4 N–H and O–H groups in total. The number of fused-ring (bicyclic) bond motifs is 3. The summed E-state index contributed by atoms with van der Waals surface area (Å²) in [5.41, 5.74) is 9.31. The van der Waals surface area contributed by atoms with Crippen molar-refractivity contribution in [3.8, 4) is 0 Å². The minimum absolute atomic E-state index is 0.0299. The summed E-state index contributed by atoms with van der Waals surface area (Å²) in [5.74, 6) is -2.60. The highest BCUT2D eigenvalue weighted by molar-refractivity contribution is 7.17. The Morgan fingerprint density at radius 3 is 2.34 bits per heavy atom. The summed E-state index contributed by atoms with van der Waals surface area (Å²) in [6.07, 6.45) is 4.32. The molecule has 1 aromatic rings. The zero-order chi connectivity index (χ0) is 21.0. The largest absolute Gasteiger partial charge is 0.481 e. The van der Waals surface area contributed by atoms with Gasteiger partial charge in [0.1, 0.15) is 5.00 Å². The number of carboxylic acids is 1.